The summed E-state index contributed by atoms with van der Waals surface area (Å²) < 4.78 is 4.98. The van der Waals surface area contributed by atoms with E-state index in [0.717, 1.165) is 11.4 Å². The second-order valence-corrected chi connectivity index (χ2v) is 3.57. The zero-order chi connectivity index (χ0) is 8.48. The smallest absolute Gasteiger partial charge is 0.228 e. The normalized spacial score (nSPS) is 11.6. The minimum Gasteiger partial charge on any atom is -0.357 e. The quantitative estimate of drug-likeness (QED) is 0.672. The minimum absolute atomic E-state index is 0.0956. The lowest BCUT2D eigenvalue weighted by Crippen LogP contribution is -2.11. The number of aromatic nitrogens is 1. The summed E-state index contributed by atoms with van der Waals surface area (Å²) in [6.07, 6.45) is 1.76. The van der Waals surface area contributed by atoms with Gasteiger partial charge in [0.15, 0.2) is 0 Å². The lowest BCUT2D eigenvalue weighted by atomic mass is 9.89. The summed E-state index contributed by atoms with van der Waals surface area (Å²) in [6, 6.07) is 0. The number of hydrogen-bond acceptors (Lipinski definition) is 3. The fourth-order valence-corrected chi connectivity index (χ4v) is 0.954. The van der Waals surface area contributed by atoms with Gasteiger partial charge in [0.2, 0.25) is 5.88 Å². The van der Waals surface area contributed by atoms with Crippen LogP contribution in [0.4, 0.5) is 5.88 Å². The van der Waals surface area contributed by atoms with Gasteiger partial charge in [0, 0.05) is 12.6 Å². The van der Waals surface area contributed by atoms with Gasteiger partial charge in [-0.2, -0.15) is 0 Å². The Hall–Kier alpha value is -0.990. The molecule has 0 radical (unpaired) electrons. The Morgan fingerprint density at radius 2 is 2.09 bits per heavy atom. The summed E-state index contributed by atoms with van der Waals surface area (Å²) in [6.45, 7) is 6.38. The molecular formula is C8H14N2O. The molecule has 0 atom stereocenters. The van der Waals surface area contributed by atoms with Crippen molar-refractivity contribution in [2.75, 3.05) is 12.4 Å². The van der Waals surface area contributed by atoms with Crippen molar-refractivity contribution in [2.24, 2.45) is 0 Å². The predicted octanol–water partition coefficient (Wildman–Crippen LogP) is 2.01. The zero-order valence-electron chi connectivity index (χ0n) is 7.43. The fraction of sp³-hybridized carbons (Fsp3) is 0.625. The van der Waals surface area contributed by atoms with Crippen molar-refractivity contribution in [2.45, 2.75) is 26.2 Å². The molecule has 0 aliphatic heterocycles. The Morgan fingerprint density at radius 1 is 1.45 bits per heavy atom. The summed E-state index contributed by atoms with van der Waals surface area (Å²) in [5.41, 5.74) is 1.21. The molecule has 0 aliphatic carbocycles. The fourth-order valence-electron chi connectivity index (χ4n) is 0.954. The van der Waals surface area contributed by atoms with E-state index in [0.29, 0.717) is 0 Å². The van der Waals surface area contributed by atoms with E-state index in [1.54, 1.807) is 6.20 Å². The first-order valence-corrected chi connectivity index (χ1v) is 3.68. The van der Waals surface area contributed by atoms with Crippen LogP contribution in [-0.4, -0.2) is 12.2 Å². The van der Waals surface area contributed by atoms with Crippen LogP contribution in [0, 0.1) is 0 Å². The molecule has 1 aromatic heterocycles. The second kappa shape index (κ2) is 2.57. The van der Waals surface area contributed by atoms with Gasteiger partial charge < -0.3 is 9.84 Å². The topological polar surface area (TPSA) is 38.1 Å². The van der Waals surface area contributed by atoms with Crippen molar-refractivity contribution < 1.29 is 4.52 Å². The molecule has 62 valence electrons. The maximum Gasteiger partial charge on any atom is 0.228 e. The molecule has 1 heterocycles. The third-order valence-electron chi connectivity index (χ3n) is 1.61. The van der Waals surface area contributed by atoms with Gasteiger partial charge in [0.05, 0.1) is 6.20 Å². The molecule has 0 unspecified atom stereocenters. The van der Waals surface area contributed by atoms with Gasteiger partial charge >= 0.3 is 0 Å². The summed E-state index contributed by atoms with van der Waals surface area (Å²) in [5.74, 6) is 0.762. The van der Waals surface area contributed by atoms with Crippen LogP contribution in [0.2, 0.25) is 0 Å². The molecule has 0 amide bonds. The first-order chi connectivity index (χ1) is 5.05. The van der Waals surface area contributed by atoms with E-state index in [2.05, 4.69) is 31.2 Å². The number of hydrogen-bond donors (Lipinski definition) is 1. The first-order valence-electron chi connectivity index (χ1n) is 3.68. The van der Waals surface area contributed by atoms with Crippen molar-refractivity contribution in [1.82, 2.24) is 5.16 Å². The minimum atomic E-state index is 0.0956. The van der Waals surface area contributed by atoms with Crippen LogP contribution in [0.3, 0.4) is 0 Å². The van der Waals surface area contributed by atoms with Gasteiger partial charge in [-0.15, -0.1) is 0 Å². The average molecular weight is 154 g/mol. The van der Waals surface area contributed by atoms with Crippen molar-refractivity contribution >= 4 is 5.88 Å². The third-order valence-corrected chi connectivity index (χ3v) is 1.61. The van der Waals surface area contributed by atoms with E-state index >= 15 is 0 Å². The van der Waals surface area contributed by atoms with Crippen LogP contribution in [0.5, 0.6) is 0 Å². The molecule has 0 aliphatic rings. The molecule has 0 saturated heterocycles. The Balaban J connectivity index is 3.02. The largest absolute Gasteiger partial charge is 0.357 e. The monoisotopic (exact) mass is 154 g/mol. The molecule has 1 aromatic rings. The zero-order valence-corrected chi connectivity index (χ0v) is 7.43. The molecule has 1 rings (SSSR count). The van der Waals surface area contributed by atoms with Gasteiger partial charge in [-0.05, 0) is 5.41 Å². The standard InChI is InChI=1S/C8H14N2O/c1-8(2,3)6-5-10-11-7(6)9-4/h5,9H,1-4H3. The number of anilines is 1. The predicted molar refractivity (Wildman–Crippen MR) is 44.7 cm³/mol. The lowest BCUT2D eigenvalue weighted by molar-refractivity contribution is 0.431. The molecule has 11 heavy (non-hydrogen) atoms. The highest BCUT2D eigenvalue weighted by Crippen LogP contribution is 2.28. The molecule has 0 saturated carbocycles. The molecule has 0 bridgehead atoms. The molecule has 3 heteroatoms. The highest BCUT2D eigenvalue weighted by molar-refractivity contribution is 5.42. The summed E-state index contributed by atoms with van der Waals surface area (Å²) in [5, 5.41) is 6.67. The van der Waals surface area contributed by atoms with E-state index in [1.807, 2.05) is 7.05 Å². The molecule has 0 aromatic carbocycles. The van der Waals surface area contributed by atoms with Gasteiger partial charge in [0.25, 0.3) is 0 Å². The SMILES string of the molecule is CNc1oncc1C(C)(C)C. The van der Waals surface area contributed by atoms with Crippen LogP contribution in [-0.2, 0) is 5.41 Å². The van der Waals surface area contributed by atoms with E-state index in [4.69, 9.17) is 4.52 Å². The summed E-state index contributed by atoms with van der Waals surface area (Å²) in [7, 11) is 1.83. The van der Waals surface area contributed by atoms with Crippen molar-refractivity contribution in [3.63, 3.8) is 0 Å². The summed E-state index contributed by atoms with van der Waals surface area (Å²) in [4.78, 5) is 0. The van der Waals surface area contributed by atoms with Gasteiger partial charge in [-0.25, -0.2) is 0 Å². The Morgan fingerprint density at radius 3 is 2.45 bits per heavy atom. The van der Waals surface area contributed by atoms with Gasteiger partial charge in [0.1, 0.15) is 0 Å². The second-order valence-electron chi connectivity index (χ2n) is 3.57. The molecule has 0 fully saturated rings. The molecule has 3 nitrogen and oxygen atoms in total. The highest BCUT2D eigenvalue weighted by atomic mass is 16.5. The molecule has 0 spiro atoms. The first kappa shape index (κ1) is 8.11. The van der Waals surface area contributed by atoms with E-state index in [1.165, 1.54) is 0 Å². The Bertz CT molecular complexity index is 234. The molecule has 1 N–H and O–H groups in total. The Labute approximate surface area is 66.8 Å². The van der Waals surface area contributed by atoms with Crippen LogP contribution >= 0.6 is 0 Å². The van der Waals surface area contributed by atoms with E-state index in [9.17, 15) is 0 Å². The summed E-state index contributed by atoms with van der Waals surface area (Å²) >= 11 is 0. The Kier molecular flexibility index (Phi) is 1.89. The maximum absolute atomic E-state index is 4.98. The van der Waals surface area contributed by atoms with E-state index < -0.39 is 0 Å². The average Bonchev–Trinajstić information content (AvgIpc) is 2.31. The van der Waals surface area contributed by atoms with Crippen molar-refractivity contribution in [3.05, 3.63) is 11.8 Å². The maximum atomic E-state index is 4.98. The van der Waals surface area contributed by atoms with E-state index in [-0.39, 0.29) is 5.41 Å². The van der Waals surface area contributed by atoms with Crippen LogP contribution in [0.1, 0.15) is 26.3 Å². The van der Waals surface area contributed by atoms with Crippen LogP contribution in [0.25, 0.3) is 0 Å². The lowest BCUT2D eigenvalue weighted by Gasteiger charge is -2.16. The molecular weight excluding hydrogens is 140 g/mol. The van der Waals surface area contributed by atoms with Crippen molar-refractivity contribution in [1.29, 1.82) is 0 Å². The van der Waals surface area contributed by atoms with Gasteiger partial charge in [-0.1, -0.05) is 25.9 Å². The number of nitrogens with one attached hydrogen (secondary N) is 1. The number of nitrogens with zero attached hydrogens (tertiary/aromatic N) is 1. The third kappa shape index (κ3) is 1.53. The van der Waals surface area contributed by atoms with Gasteiger partial charge in [-0.3, -0.25) is 0 Å². The van der Waals surface area contributed by atoms with Crippen LogP contribution < -0.4 is 5.32 Å². The van der Waals surface area contributed by atoms with Crippen LogP contribution in [0.15, 0.2) is 10.7 Å². The highest BCUT2D eigenvalue weighted by Gasteiger charge is 2.20. The number of rotatable bonds is 1. The van der Waals surface area contributed by atoms with Crippen molar-refractivity contribution in [3.8, 4) is 0 Å².